The summed E-state index contributed by atoms with van der Waals surface area (Å²) in [6.07, 6.45) is 47.1. The van der Waals surface area contributed by atoms with Gasteiger partial charge in [0.25, 0.3) is 0 Å². The van der Waals surface area contributed by atoms with E-state index in [1.54, 1.807) is 0 Å². The molecule has 11 heteroatoms. The molecular weight excluding hydrogens is 805 g/mol. The zero-order valence-corrected chi connectivity index (χ0v) is 42.3. The van der Waals surface area contributed by atoms with E-state index in [0.717, 1.165) is 106 Å². The van der Waals surface area contributed by atoms with Crippen LogP contribution in [0.5, 0.6) is 0 Å². The fourth-order valence-corrected chi connectivity index (χ4v) is 7.07. The van der Waals surface area contributed by atoms with Crippen molar-refractivity contribution < 1.29 is 33.2 Å². The smallest absolute Gasteiger partial charge is 0.0966 e. The molecule has 12 fully saturated rings. The third kappa shape index (κ3) is 55.9. The van der Waals surface area contributed by atoms with Gasteiger partial charge in [0.05, 0.1) is 46.5 Å². The van der Waals surface area contributed by atoms with E-state index in [-0.39, 0.29) is 0 Å². The minimum absolute atomic E-state index is 0.750. The molecular formula is C53H110N4O7. The van der Waals surface area contributed by atoms with Crippen LogP contribution in [0.1, 0.15) is 212 Å². The van der Waals surface area contributed by atoms with Crippen molar-refractivity contribution in [1.82, 2.24) is 21.3 Å². The number of nitrogens with one attached hydrogen (secondary N) is 4. The van der Waals surface area contributed by atoms with E-state index in [0.29, 0.717) is 0 Å². The van der Waals surface area contributed by atoms with Gasteiger partial charge >= 0.3 is 0 Å². The van der Waals surface area contributed by atoms with E-state index >= 15 is 0 Å². The normalized spacial score (nSPS) is 24.0. The Morgan fingerprint density at radius 3 is 0.484 bits per heavy atom. The highest BCUT2D eigenvalue weighted by atomic mass is 16.6. The highest BCUT2D eigenvalue weighted by molar-refractivity contribution is 4.57. The Morgan fingerprint density at radius 1 is 0.141 bits per heavy atom. The van der Waals surface area contributed by atoms with Gasteiger partial charge in [-0.3, -0.25) is 10.6 Å². The molecule has 11 nitrogen and oxygen atoms in total. The van der Waals surface area contributed by atoms with Crippen molar-refractivity contribution >= 4 is 0 Å². The van der Waals surface area contributed by atoms with Crippen molar-refractivity contribution in [3.05, 3.63) is 0 Å². The van der Waals surface area contributed by atoms with Gasteiger partial charge in [0.15, 0.2) is 0 Å². The first-order valence-electron chi connectivity index (χ1n) is 27.9. The Bertz CT molecular complexity index is 524. The molecule has 0 spiro atoms. The summed E-state index contributed by atoms with van der Waals surface area (Å²) in [5.74, 6) is 0. The summed E-state index contributed by atoms with van der Waals surface area (Å²) in [6, 6.07) is 0. The fraction of sp³-hybridized carbons (Fsp3) is 1.00. The largest absolute Gasteiger partial charge is 0.381 e. The van der Waals surface area contributed by atoms with Crippen LogP contribution in [0, 0.1) is 0 Å². The molecule has 0 radical (unpaired) electrons. The summed E-state index contributed by atoms with van der Waals surface area (Å²) in [5, 5.41) is 12.6. The number of rotatable bonds is 0. The Kier molecular flexibility index (Phi) is 56.5. The molecule has 0 bridgehead atoms. The van der Waals surface area contributed by atoms with E-state index < -0.39 is 0 Å². The molecule has 4 N–H and O–H groups in total. The van der Waals surface area contributed by atoms with E-state index in [9.17, 15) is 0 Å². The number of hydrogen-bond donors (Lipinski definition) is 4. The highest BCUT2D eigenvalue weighted by Crippen LogP contribution is 2.16. The van der Waals surface area contributed by atoms with Gasteiger partial charge in [0.1, 0.15) is 0 Å². The van der Waals surface area contributed by atoms with Crippen molar-refractivity contribution in [2.75, 3.05) is 132 Å². The van der Waals surface area contributed by atoms with Gasteiger partial charge in [-0.1, -0.05) is 128 Å². The molecule has 0 unspecified atom stereocenters. The summed E-state index contributed by atoms with van der Waals surface area (Å²) in [4.78, 5) is 0. The molecule has 0 amide bonds. The molecule has 12 aliphatic rings. The molecule has 4 aliphatic carbocycles. The molecule has 8 saturated heterocycles. The van der Waals surface area contributed by atoms with Crippen LogP contribution in [-0.2, 0) is 33.2 Å². The molecule has 384 valence electrons. The Labute approximate surface area is 397 Å². The molecule has 8 aliphatic heterocycles. The second-order valence-electron chi connectivity index (χ2n) is 18.3. The lowest BCUT2D eigenvalue weighted by Crippen LogP contribution is -2.26. The molecule has 0 aromatic carbocycles. The number of ether oxygens (including phenoxy) is 7. The molecule has 0 aromatic rings. The van der Waals surface area contributed by atoms with Crippen LogP contribution in [0.3, 0.4) is 0 Å². The minimum Gasteiger partial charge on any atom is -0.381 e. The summed E-state index contributed by atoms with van der Waals surface area (Å²) in [6.45, 7) is 19.6. The van der Waals surface area contributed by atoms with Crippen molar-refractivity contribution in [3.63, 3.8) is 0 Å². The second-order valence-corrected chi connectivity index (χ2v) is 18.3. The SMILES string of the molecule is C1CCC1.C1CCC1.C1CCCC1.C1CCCCC1.C1CCNC1.C1CCNCC1.C1CCOC1.C1CCOCC1.C1CCOCC1.C1CNCOC1.C1COCCO1.C1COCN1. The lowest BCUT2D eigenvalue weighted by atomic mass is 10.0. The van der Waals surface area contributed by atoms with Crippen LogP contribution in [0.4, 0.5) is 0 Å². The molecule has 4 saturated carbocycles. The maximum absolute atomic E-state index is 5.07. The number of piperidine rings is 1. The van der Waals surface area contributed by atoms with Crippen molar-refractivity contribution in [2.24, 2.45) is 0 Å². The van der Waals surface area contributed by atoms with E-state index in [1.807, 2.05) is 0 Å². The average Bonchev–Trinajstić information content (AvgIpc) is 4.23. The minimum atomic E-state index is 0.750. The first kappa shape index (κ1) is 61.6. The van der Waals surface area contributed by atoms with Crippen LogP contribution >= 0.6 is 0 Å². The Hall–Kier alpha value is -0.440. The summed E-state index contributed by atoms with van der Waals surface area (Å²) < 4.78 is 34.8. The Morgan fingerprint density at radius 2 is 0.359 bits per heavy atom. The number of hydrogen-bond acceptors (Lipinski definition) is 11. The van der Waals surface area contributed by atoms with E-state index in [2.05, 4.69) is 21.3 Å². The Balaban J connectivity index is 0.000000350. The summed E-state index contributed by atoms with van der Waals surface area (Å²) in [5.41, 5.74) is 0. The first-order valence-corrected chi connectivity index (χ1v) is 27.9. The van der Waals surface area contributed by atoms with Crippen molar-refractivity contribution in [1.29, 1.82) is 0 Å². The van der Waals surface area contributed by atoms with Crippen LogP contribution in [0.25, 0.3) is 0 Å². The molecule has 8 heterocycles. The maximum atomic E-state index is 5.07. The lowest BCUT2D eigenvalue weighted by Gasteiger charge is -2.10. The fourth-order valence-electron chi connectivity index (χ4n) is 7.07. The van der Waals surface area contributed by atoms with Crippen LogP contribution < -0.4 is 21.3 Å². The average molecular weight is 915 g/mol. The van der Waals surface area contributed by atoms with Gasteiger partial charge in [-0.05, 0) is 116 Å². The summed E-state index contributed by atoms with van der Waals surface area (Å²) in [7, 11) is 0. The van der Waals surface area contributed by atoms with Gasteiger partial charge in [-0.25, -0.2) is 0 Å². The van der Waals surface area contributed by atoms with Crippen LogP contribution in [-0.4, -0.2) is 132 Å². The van der Waals surface area contributed by atoms with Crippen molar-refractivity contribution in [2.45, 2.75) is 212 Å². The predicted molar refractivity (Wildman–Crippen MR) is 270 cm³/mol. The van der Waals surface area contributed by atoms with Gasteiger partial charge in [0.2, 0.25) is 0 Å². The second kappa shape index (κ2) is 58.7. The topological polar surface area (TPSA) is 113 Å². The zero-order chi connectivity index (χ0) is 45.3. The van der Waals surface area contributed by atoms with E-state index in [4.69, 9.17) is 33.2 Å². The first-order chi connectivity index (χ1) is 32.0. The van der Waals surface area contributed by atoms with Gasteiger partial charge < -0.3 is 43.8 Å². The quantitative estimate of drug-likeness (QED) is 0.186. The lowest BCUT2D eigenvalue weighted by molar-refractivity contribution is -0.0334. The molecule has 64 heavy (non-hydrogen) atoms. The van der Waals surface area contributed by atoms with Crippen LogP contribution in [0.2, 0.25) is 0 Å². The summed E-state index contributed by atoms with van der Waals surface area (Å²) >= 11 is 0. The zero-order valence-electron chi connectivity index (χ0n) is 42.3. The molecule has 12 rings (SSSR count). The highest BCUT2D eigenvalue weighted by Gasteiger charge is 2.00. The third-order valence-corrected chi connectivity index (χ3v) is 12.1. The predicted octanol–water partition coefficient (Wildman–Crippen LogP) is 11.3. The van der Waals surface area contributed by atoms with Crippen molar-refractivity contribution in [3.8, 4) is 0 Å². The molecule has 0 atom stereocenters. The third-order valence-electron chi connectivity index (χ3n) is 12.1. The monoisotopic (exact) mass is 915 g/mol. The van der Waals surface area contributed by atoms with Gasteiger partial charge in [0, 0.05) is 52.8 Å². The standard InChI is InChI=1S/C6H12.C5H11N.2C5H10O.C5H10.C4H9NO.C4H9N.C4H8O2.C4H8O.2C4H8.C3H7NO/c4*1-2-4-6-5-3-1;1-2-4-5-3-1;1-2-5-4-6-3-1;1-2-4-5-3-1;1-2-6-4-3-5-1;1-2-4-5-3-1;2*1-2-4-3-1;1-2-5-3-4-1/h1-6H2;6H,1-5H2;2*1-5H2;1-5H2;5H,1-4H2;5H,1-4H2;1-4H2;1-4H2;2*1-4H2;4H,1-3H2. The van der Waals surface area contributed by atoms with Gasteiger partial charge in [-0.15, -0.1) is 0 Å². The van der Waals surface area contributed by atoms with E-state index in [1.165, 1.54) is 238 Å². The maximum Gasteiger partial charge on any atom is 0.0966 e. The van der Waals surface area contributed by atoms with Gasteiger partial charge in [-0.2, -0.15) is 0 Å². The molecule has 0 aromatic heterocycles. The van der Waals surface area contributed by atoms with Crippen LogP contribution in [0.15, 0.2) is 0 Å².